The average molecular weight is 244 g/mol. The Labute approximate surface area is 85.8 Å². The Morgan fingerprint density at radius 3 is 2.40 bits per heavy atom. The number of hydrogen-bond donors (Lipinski definition) is 0. The van der Waals surface area contributed by atoms with Gasteiger partial charge in [0, 0.05) is 18.3 Å². The molecule has 0 aromatic carbocycles. The minimum atomic E-state index is -4.58. The normalized spacial score (nSPS) is 32.9. The van der Waals surface area contributed by atoms with E-state index in [1.807, 2.05) is 0 Å². The Morgan fingerprint density at radius 1 is 1.33 bits per heavy atom. The topological polar surface area (TPSA) is 43.4 Å². The molecule has 7 heteroatoms. The molecule has 1 aliphatic heterocycles. The third-order valence-electron chi connectivity index (χ3n) is 2.94. The fraction of sp³-hybridized carbons (Fsp3) is 1.00. The molecule has 1 heterocycles. The van der Waals surface area contributed by atoms with Crippen molar-refractivity contribution in [2.24, 2.45) is 5.41 Å². The molecule has 1 spiro atoms. The summed E-state index contributed by atoms with van der Waals surface area (Å²) in [6.45, 7) is 0.114. The van der Waals surface area contributed by atoms with Gasteiger partial charge in [0.15, 0.2) is 0 Å². The van der Waals surface area contributed by atoms with Crippen molar-refractivity contribution < 1.29 is 25.8 Å². The van der Waals surface area contributed by atoms with Crippen LogP contribution in [0.4, 0.5) is 12.7 Å². The van der Waals surface area contributed by atoms with E-state index in [4.69, 9.17) is 4.74 Å². The van der Waals surface area contributed by atoms with E-state index in [1.165, 1.54) is 0 Å². The van der Waals surface area contributed by atoms with E-state index in [0.717, 1.165) is 0 Å². The van der Waals surface area contributed by atoms with Gasteiger partial charge >= 0.3 is 10.2 Å². The third kappa shape index (κ3) is 2.44. The number of ether oxygens (including phenoxy) is 1. The van der Waals surface area contributed by atoms with Crippen LogP contribution >= 0.6 is 0 Å². The first-order valence-electron chi connectivity index (χ1n) is 4.62. The van der Waals surface area contributed by atoms with E-state index in [0.29, 0.717) is 0 Å². The van der Waals surface area contributed by atoms with Gasteiger partial charge in [0.05, 0.1) is 12.7 Å². The highest BCUT2D eigenvalue weighted by atomic mass is 32.3. The van der Waals surface area contributed by atoms with Crippen molar-refractivity contribution in [3.05, 3.63) is 0 Å². The molecule has 0 aromatic rings. The lowest BCUT2D eigenvalue weighted by molar-refractivity contribution is -0.160. The molecule has 0 bridgehead atoms. The third-order valence-corrected chi connectivity index (χ3v) is 3.71. The van der Waals surface area contributed by atoms with Gasteiger partial charge in [-0.25, -0.2) is 8.78 Å². The summed E-state index contributed by atoms with van der Waals surface area (Å²) in [7, 11) is -4.58. The molecule has 1 atom stereocenters. The zero-order valence-electron chi connectivity index (χ0n) is 7.88. The minimum absolute atomic E-state index is 0.114. The summed E-state index contributed by atoms with van der Waals surface area (Å²) in [5.41, 5.74) is -0.612. The van der Waals surface area contributed by atoms with Crippen LogP contribution in [0.25, 0.3) is 0 Å². The quantitative estimate of drug-likeness (QED) is 0.691. The largest absolute Gasteiger partial charge is 0.376 e. The Balaban J connectivity index is 1.92. The molecule has 1 saturated heterocycles. The van der Waals surface area contributed by atoms with E-state index in [9.17, 15) is 21.1 Å². The van der Waals surface area contributed by atoms with Crippen LogP contribution in [0, 0.1) is 5.41 Å². The molecule has 2 rings (SSSR count). The molecule has 1 unspecified atom stereocenters. The maximum absolute atomic E-state index is 12.7. The fourth-order valence-corrected chi connectivity index (χ4v) is 3.17. The van der Waals surface area contributed by atoms with Crippen LogP contribution in [-0.2, 0) is 15.0 Å². The predicted molar refractivity (Wildman–Crippen MR) is 45.9 cm³/mol. The van der Waals surface area contributed by atoms with E-state index in [1.54, 1.807) is 0 Å². The summed E-state index contributed by atoms with van der Waals surface area (Å²) in [5, 5.41) is 0. The highest BCUT2D eigenvalue weighted by molar-refractivity contribution is 7.86. The second kappa shape index (κ2) is 3.10. The summed E-state index contributed by atoms with van der Waals surface area (Å²) in [5.74, 6) is -3.38. The second-order valence-corrected chi connectivity index (χ2v) is 5.96. The zero-order chi connectivity index (χ0) is 11.3. The number of alkyl halides is 2. The molecule has 15 heavy (non-hydrogen) atoms. The lowest BCUT2D eigenvalue weighted by Gasteiger charge is -2.43. The van der Waals surface area contributed by atoms with Crippen LogP contribution in [0.2, 0.25) is 0 Å². The monoisotopic (exact) mass is 244 g/mol. The second-order valence-electron chi connectivity index (χ2n) is 4.55. The molecule has 0 amide bonds. The van der Waals surface area contributed by atoms with Gasteiger partial charge in [-0.3, -0.25) is 0 Å². The van der Waals surface area contributed by atoms with Crippen molar-refractivity contribution in [3.8, 4) is 0 Å². The molecule has 0 aromatic heterocycles. The van der Waals surface area contributed by atoms with Crippen molar-refractivity contribution in [2.75, 3.05) is 12.4 Å². The molecular formula is C8H11F3O3S. The van der Waals surface area contributed by atoms with Gasteiger partial charge in [0.25, 0.3) is 0 Å². The van der Waals surface area contributed by atoms with Gasteiger partial charge in [-0.15, -0.1) is 3.89 Å². The van der Waals surface area contributed by atoms with E-state index < -0.39 is 33.4 Å². The van der Waals surface area contributed by atoms with Crippen molar-refractivity contribution in [1.82, 2.24) is 0 Å². The first-order valence-corrected chi connectivity index (χ1v) is 6.17. The number of hydrogen-bond acceptors (Lipinski definition) is 3. The maximum Gasteiger partial charge on any atom is 0.304 e. The first-order chi connectivity index (χ1) is 6.70. The summed E-state index contributed by atoms with van der Waals surface area (Å²) >= 11 is 0. The highest BCUT2D eigenvalue weighted by Crippen LogP contribution is 2.57. The van der Waals surface area contributed by atoms with E-state index >= 15 is 0 Å². The highest BCUT2D eigenvalue weighted by Gasteiger charge is 2.59. The van der Waals surface area contributed by atoms with Crippen LogP contribution in [0.1, 0.15) is 19.3 Å². The Bertz CT molecular complexity index is 357. The van der Waals surface area contributed by atoms with Crippen LogP contribution in [0.5, 0.6) is 0 Å². The molecule has 1 saturated carbocycles. The summed E-state index contributed by atoms with van der Waals surface area (Å²) in [6.07, 6.45) is -1.10. The smallest absolute Gasteiger partial charge is 0.304 e. The van der Waals surface area contributed by atoms with Crippen molar-refractivity contribution in [1.29, 1.82) is 0 Å². The average Bonchev–Trinajstić information content (AvgIpc) is 2.25. The van der Waals surface area contributed by atoms with Gasteiger partial charge in [-0.1, -0.05) is 0 Å². The Hall–Kier alpha value is -0.300. The molecule has 2 aliphatic rings. The summed E-state index contributed by atoms with van der Waals surface area (Å²) in [6, 6.07) is 0. The molecule has 88 valence electrons. The van der Waals surface area contributed by atoms with Gasteiger partial charge in [0.2, 0.25) is 5.92 Å². The SMILES string of the molecule is O=S(=O)(F)CC1CC2(CO1)CC(F)(F)C2. The van der Waals surface area contributed by atoms with E-state index in [-0.39, 0.29) is 25.9 Å². The fourth-order valence-electron chi connectivity index (χ4n) is 2.52. The van der Waals surface area contributed by atoms with Crippen LogP contribution in [0.15, 0.2) is 0 Å². The Morgan fingerprint density at radius 2 is 1.93 bits per heavy atom. The molecule has 0 radical (unpaired) electrons. The van der Waals surface area contributed by atoms with E-state index in [2.05, 4.69) is 0 Å². The maximum atomic E-state index is 12.7. The predicted octanol–water partition coefficient (Wildman–Crippen LogP) is 1.49. The van der Waals surface area contributed by atoms with Gasteiger partial charge in [0.1, 0.15) is 5.75 Å². The van der Waals surface area contributed by atoms with Crippen molar-refractivity contribution in [2.45, 2.75) is 31.3 Å². The first kappa shape index (κ1) is 11.2. The number of rotatable bonds is 2. The van der Waals surface area contributed by atoms with Crippen molar-refractivity contribution in [3.63, 3.8) is 0 Å². The Kier molecular flexibility index (Phi) is 2.31. The molecule has 0 N–H and O–H groups in total. The zero-order valence-corrected chi connectivity index (χ0v) is 8.70. The summed E-state index contributed by atoms with van der Waals surface area (Å²) in [4.78, 5) is 0. The van der Waals surface area contributed by atoms with Gasteiger partial charge in [-0.05, 0) is 6.42 Å². The number of halogens is 3. The standard InChI is InChI=1S/C8H11F3O3S/c9-8(10)3-7(4-8)1-6(14-5-7)2-15(11,12)13/h6H,1-5H2. The molecule has 1 aliphatic carbocycles. The molecule has 3 nitrogen and oxygen atoms in total. The van der Waals surface area contributed by atoms with Gasteiger partial charge < -0.3 is 4.74 Å². The van der Waals surface area contributed by atoms with Crippen LogP contribution < -0.4 is 0 Å². The van der Waals surface area contributed by atoms with Crippen LogP contribution in [-0.4, -0.2) is 32.8 Å². The lowest BCUT2D eigenvalue weighted by atomic mass is 9.65. The van der Waals surface area contributed by atoms with Gasteiger partial charge in [-0.2, -0.15) is 8.42 Å². The molecule has 2 fully saturated rings. The van der Waals surface area contributed by atoms with Crippen LogP contribution in [0.3, 0.4) is 0 Å². The van der Waals surface area contributed by atoms with Crippen molar-refractivity contribution >= 4 is 10.2 Å². The minimum Gasteiger partial charge on any atom is -0.376 e. The summed E-state index contributed by atoms with van der Waals surface area (Å²) < 4.78 is 63.3. The lowest BCUT2D eigenvalue weighted by Crippen LogP contribution is -2.46. The molecular weight excluding hydrogens is 233 g/mol.